The highest BCUT2D eigenvalue weighted by Crippen LogP contribution is 2.32. The molecule has 1 unspecified atom stereocenters. The average Bonchev–Trinajstić information content (AvgIpc) is 2.33. The zero-order chi connectivity index (χ0) is 15.0. The molecule has 2 aliphatic heterocycles. The molecule has 2 rings (SSSR count). The van der Waals surface area contributed by atoms with E-state index in [0.717, 1.165) is 0 Å². The minimum atomic E-state index is -0.477. The van der Waals surface area contributed by atoms with Gasteiger partial charge in [0.25, 0.3) is 0 Å². The summed E-state index contributed by atoms with van der Waals surface area (Å²) in [4.78, 5) is 25.0. The summed E-state index contributed by atoms with van der Waals surface area (Å²) in [6, 6.07) is -0.0236. The number of nitrogens with zero attached hydrogens (tertiary/aromatic N) is 1. The molecule has 6 heteroatoms. The Balaban J connectivity index is 1.92. The van der Waals surface area contributed by atoms with Crippen molar-refractivity contribution in [2.45, 2.75) is 57.8 Å². The maximum Gasteiger partial charge on any atom is 0.410 e. The first-order chi connectivity index (χ1) is 9.22. The van der Waals surface area contributed by atoms with Gasteiger partial charge in [0, 0.05) is 13.1 Å². The Hall–Kier alpha value is -1.30. The molecule has 114 valence electrons. The van der Waals surface area contributed by atoms with Crippen molar-refractivity contribution >= 4 is 12.0 Å². The lowest BCUT2D eigenvalue weighted by molar-refractivity contribution is -0.159. The van der Waals surface area contributed by atoms with Crippen LogP contribution >= 0.6 is 0 Å². The second-order valence-corrected chi connectivity index (χ2v) is 6.61. The highest BCUT2D eigenvalue weighted by Gasteiger charge is 2.45. The number of likely N-dealkylation sites (tertiary alicyclic amines) is 1. The van der Waals surface area contributed by atoms with Crippen molar-refractivity contribution < 1.29 is 19.1 Å². The average molecular weight is 284 g/mol. The van der Waals surface area contributed by atoms with Crippen LogP contribution in [-0.2, 0) is 14.3 Å². The van der Waals surface area contributed by atoms with E-state index in [1.54, 1.807) is 4.90 Å². The van der Waals surface area contributed by atoms with Gasteiger partial charge in [-0.25, -0.2) is 4.79 Å². The minimum Gasteiger partial charge on any atom is -0.444 e. The second kappa shape index (κ2) is 5.24. The number of piperidine rings is 1. The molecule has 2 saturated heterocycles. The molecule has 1 spiro atoms. The number of carbonyl (C=O) groups excluding carboxylic acids is 2. The molecule has 1 N–H and O–H groups in total. The van der Waals surface area contributed by atoms with Gasteiger partial charge in [0.15, 0.2) is 0 Å². The van der Waals surface area contributed by atoms with Gasteiger partial charge in [-0.05, 0) is 40.5 Å². The molecule has 2 amide bonds. The maximum atomic E-state index is 12.0. The lowest BCUT2D eigenvalue weighted by Gasteiger charge is -2.47. The third-order valence-corrected chi connectivity index (χ3v) is 3.92. The zero-order valence-electron chi connectivity index (χ0n) is 12.7. The maximum absolute atomic E-state index is 12.0. The first kappa shape index (κ1) is 15.1. The summed E-state index contributed by atoms with van der Waals surface area (Å²) in [7, 11) is 0. The van der Waals surface area contributed by atoms with Crippen molar-refractivity contribution in [3.05, 3.63) is 0 Å². The van der Waals surface area contributed by atoms with Crippen LogP contribution < -0.4 is 5.32 Å². The minimum absolute atomic E-state index is 0.0236. The molecule has 0 radical (unpaired) electrons. The van der Waals surface area contributed by atoms with Gasteiger partial charge in [0.1, 0.15) is 12.2 Å². The molecular weight excluding hydrogens is 260 g/mol. The van der Waals surface area contributed by atoms with E-state index >= 15 is 0 Å². The monoisotopic (exact) mass is 284 g/mol. The number of morpholine rings is 1. The van der Waals surface area contributed by atoms with Crippen LogP contribution in [0.3, 0.4) is 0 Å². The van der Waals surface area contributed by atoms with E-state index in [4.69, 9.17) is 9.47 Å². The first-order valence-electron chi connectivity index (χ1n) is 7.13. The fourth-order valence-corrected chi connectivity index (χ4v) is 2.72. The highest BCUT2D eigenvalue weighted by molar-refractivity contribution is 5.78. The number of hydrogen-bond acceptors (Lipinski definition) is 4. The Morgan fingerprint density at radius 3 is 2.50 bits per heavy atom. The third kappa shape index (κ3) is 3.23. The summed E-state index contributed by atoms with van der Waals surface area (Å²) in [6.07, 6.45) is 1.15. The SMILES string of the molecule is CC1NC(=O)COC12CCN(C(=O)OC(C)(C)C)CC2. The van der Waals surface area contributed by atoms with Crippen molar-refractivity contribution in [1.29, 1.82) is 0 Å². The fourth-order valence-electron chi connectivity index (χ4n) is 2.72. The van der Waals surface area contributed by atoms with Gasteiger partial charge in [-0.2, -0.15) is 0 Å². The van der Waals surface area contributed by atoms with Crippen LogP contribution in [0.4, 0.5) is 4.79 Å². The third-order valence-electron chi connectivity index (χ3n) is 3.92. The topological polar surface area (TPSA) is 67.9 Å². The Kier molecular flexibility index (Phi) is 3.95. The smallest absolute Gasteiger partial charge is 0.410 e. The van der Waals surface area contributed by atoms with Gasteiger partial charge in [-0.1, -0.05) is 0 Å². The van der Waals surface area contributed by atoms with Crippen molar-refractivity contribution in [1.82, 2.24) is 10.2 Å². The van der Waals surface area contributed by atoms with Gasteiger partial charge < -0.3 is 19.7 Å². The standard InChI is InChI=1S/C14H24N2O4/c1-10-14(19-9-11(17)15-10)5-7-16(8-6-14)12(18)20-13(2,3)4/h10H,5-9H2,1-4H3,(H,15,17). The number of hydrogen-bond donors (Lipinski definition) is 1. The van der Waals surface area contributed by atoms with E-state index < -0.39 is 5.60 Å². The quantitative estimate of drug-likeness (QED) is 0.728. The van der Waals surface area contributed by atoms with E-state index in [9.17, 15) is 9.59 Å². The molecule has 20 heavy (non-hydrogen) atoms. The Morgan fingerprint density at radius 1 is 1.40 bits per heavy atom. The number of ether oxygens (including phenoxy) is 2. The molecule has 6 nitrogen and oxygen atoms in total. The molecular formula is C14H24N2O4. The Labute approximate surface area is 119 Å². The van der Waals surface area contributed by atoms with Crippen LogP contribution in [0.1, 0.15) is 40.5 Å². The van der Waals surface area contributed by atoms with Gasteiger partial charge in [-0.3, -0.25) is 4.79 Å². The summed E-state index contributed by atoms with van der Waals surface area (Å²) in [6.45, 7) is 8.83. The molecule has 0 aromatic carbocycles. The molecule has 0 saturated carbocycles. The molecule has 0 bridgehead atoms. The van der Waals surface area contributed by atoms with E-state index in [1.807, 2.05) is 27.7 Å². The molecule has 0 aliphatic carbocycles. The fraction of sp³-hybridized carbons (Fsp3) is 0.857. The summed E-state index contributed by atoms with van der Waals surface area (Å²) in [5.74, 6) is -0.0716. The van der Waals surface area contributed by atoms with Crippen molar-refractivity contribution in [2.24, 2.45) is 0 Å². The van der Waals surface area contributed by atoms with Crippen LogP contribution in [0.2, 0.25) is 0 Å². The number of amides is 2. The van der Waals surface area contributed by atoms with Gasteiger partial charge >= 0.3 is 6.09 Å². The molecule has 0 aromatic rings. The second-order valence-electron chi connectivity index (χ2n) is 6.61. The van der Waals surface area contributed by atoms with Crippen LogP contribution in [0.25, 0.3) is 0 Å². The Bertz CT molecular complexity index is 394. The summed E-state index contributed by atoms with van der Waals surface area (Å²) >= 11 is 0. The molecule has 1 atom stereocenters. The Morgan fingerprint density at radius 2 is 2.00 bits per heavy atom. The summed E-state index contributed by atoms with van der Waals surface area (Å²) in [5.41, 5.74) is -0.818. The van der Waals surface area contributed by atoms with Crippen LogP contribution in [0, 0.1) is 0 Å². The highest BCUT2D eigenvalue weighted by atomic mass is 16.6. The largest absolute Gasteiger partial charge is 0.444 e. The van der Waals surface area contributed by atoms with Crippen LogP contribution in [0.5, 0.6) is 0 Å². The molecule has 2 fully saturated rings. The first-order valence-corrected chi connectivity index (χ1v) is 7.13. The van der Waals surface area contributed by atoms with Gasteiger partial charge in [0.2, 0.25) is 5.91 Å². The van der Waals surface area contributed by atoms with Gasteiger partial charge in [-0.15, -0.1) is 0 Å². The van der Waals surface area contributed by atoms with Crippen LogP contribution in [0.15, 0.2) is 0 Å². The lowest BCUT2D eigenvalue weighted by Crippen LogP contribution is -2.63. The normalized spacial score (nSPS) is 26.3. The van der Waals surface area contributed by atoms with Crippen molar-refractivity contribution in [3.63, 3.8) is 0 Å². The number of carbonyl (C=O) groups is 2. The van der Waals surface area contributed by atoms with Crippen molar-refractivity contribution in [2.75, 3.05) is 19.7 Å². The van der Waals surface area contributed by atoms with Crippen LogP contribution in [-0.4, -0.2) is 53.8 Å². The summed E-state index contributed by atoms with van der Waals surface area (Å²) in [5, 5.41) is 2.92. The number of nitrogens with one attached hydrogen (secondary N) is 1. The molecule has 0 aromatic heterocycles. The predicted octanol–water partition coefficient (Wildman–Crippen LogP) is 1.29. The van der Waals surface area contributed by atoms with E-state index in [1.165, 1.54) is 0 Å². The molecule has 2 heterocycles. The lowest BCUT2D eigenvalue weighted by atomic mass is 9.84. The number of rotatable bonds is 0. The zero-order valence-corrected chi connectivity index (χ0v) is 12.7. The van der Waals surface area contributed by atoms with Crippen molar-refractivity contribution in [3.8, 4) is 0 Å². The van der Waals surface area contributed by atoms with E-state index in [2.05, 4.69) is 5.32 Å². The van der Waals surface area contributed by atoms with Gasteiger partial charge in [0.05, 0.1) is 11.6 Å². The summed E-state index contributed by atoms with van der Waals surface area (Å²) < 4.78 is 11.1. The predicted molar refractivity (Wildman–Crippen MR) is 73.3 cm³/mol. The van der Waals surface area contributed by atoms with E-state index in [0.29, 0.717) is 25.9 Å². The molecule has 2 aliphatic rings. The van der Waals surface area contributed by atoms with E-state index in [-0.39, 0.29) is 30.3 Å².